The van der Waals surface area contributed by atoms with Crippen LogP contribution in [0.5, 0.6) is 5.88 Å². The van der Waals surface area contributed by atoms with Crippen molar-refractivity contribution in [2.45, 2.75) is 25.3 Å². The predicted molar refractivity (Wildman–Crippen MR) is 106 cm³/mol. The number of methoxy groups -OCH3 is 1. The highest BCUT2D eigenvalue weighted by atomic mass is 35.5. The van der Waals surface area contributed by atoms with Gasteiger partial charge in [-0.05, 0) is 43.5 Å². The maximum absolute atomic E-state index is 12.7. The number of benzene rings is 1. The van der Waals surface area contributed by atoms with Gasteiger partial charge in [-0.3, -0.25) is 4.79 Å². The molecular formula is C20H17Cl2N3O3. The van der Waals surface area contributed by atoms with Gasteiger partial charge in [0.25, 0.3) is 5.91 Å². The number of aromatic nitrogens is 2. The summed E-state index contributed by atoms with van der Waals surface area (Å²) in [7, 11) is 1.56. The summed E-state index contributed by atoms with van der Waals surface area (Å²) in [6, 6.07) is 8.06. The number of nitrogens with zero attached hydrogens (tertiary/aromatic N) is 2. The Bertz CT molecular complexity index is 1020. The summed E-state index contributed by atoms with van der Waals surface area (Å²) in [4.78, 5) is 21.4. The van der Waals surface area contributed by atoms with Gasteiger partial charge in [0.05, 0.1) is 18.8 Å². The second kappa shape index (κ2) is 7.81. The van der Waals surface area contributed by atoms with Crippen LogP contribution in [-0.4, -0.2) is 23.0 Å². The van der Waals surface area contributed by atoms with Crippen molar-refractivity contribution in [1.82, 2.24) is 15.3 Å². The van der Waals surface area contributed by atoms with Crippen LogP contribution in [0.2, 0.25) is 10.0 Å². The van der Waals surface area contributed by atoms with Gasteiger partial charge in [-0.1, -0.05) is 23.2 Å². The molecule has 3 aromatic rings. The Hall–Kier alpha value is -2.57. The average Bonchev–Trinajstić information content (AvgIpc) is 3.13. The normalized spacial score (nSPS) is 15.8. The number of amides is 1. The topological polar surface area (TPSA) is 77.3 Å². The highest BCUT2D eigenvalue weighted by Gasteiger charge is 2.28. The molecule has 8 heteroatoms. The van der Waals surface area contributed by atoms with Crippen molar-refractivity contribution in [3.63, 3.8) is 0 Å². The molecule has 2 aromatic heterocycles. The van der Waals surface area contributed by atoms with E-state index < -0.39 is 0 Å². The van der Waals surface area contributed by atoms with Gasteiger partial charge in [0.1, 0.15) is 5.76 Å². The van der Waals surface area contributed by atoms with E-state index in [2.05, 4.69) is 15.3 Å². The van der Waals surface area contributed by atoms with Crippen LogP contribution in [0, 0.1) is 0 Å². The molecule has 1 N–H and O–H groups in total. The number of nitrogens with one attached hydrogen (secondary N) is 1. The van der Waals surface area contributed by atoms with Crippen LogP contribution in [0.4, 0.5) is 0 Å². The number of carbonyl (C=O) groups is 1. The molecular weight excluding hydrogens is 401 g/mol. The smallest absolute Gasteiger partial charge is 0.251 e. The number of fused-ring (bicyclic) bond motifs is 1. The molecule has 4 rings (SSSR count). The first-order chi connectivity index (χ1) is 13.5. The Balaban J connectivity index is 1.60. The van der Waals surface area contributed by atoms with Crippen molar-refractivity contribution in [1.29, 1.82) is 0 Å². The molecule has 2 heterocycles. The molecule has 1 aliphatic rings. The summed E-state index contributed by atoms with van der Waals surface area (Å²) in [5.41, 5.74) is 2.03. The summed E-state index contributed by atoms with van der Waals surface area (Å²) in [5.74, 6) is 1.39. The number of hydrogen-bond acceptors (Lipinski definition) is 5. The largest absolute Gasteiger partial charge is 0.481 e. The Morgan fingerprint density at radius 3 is 2.79 bits per heavy atom. The molecule has 0 bridgehead atoms. The fraction of sp³-hybridized carbons (Fsp3) is 0.250. The van der Waals surface area contributed by atoms with E-state index in [-0.39, 0.29) is 11.9 Å². The lowest BCUT2D eigenvalue weighted by Gasteiger charge is -2.21. The van der Waals surface area contributed by atoms with Crippen LogP contribution in [0.25, 0.3) is 11.5 Å². The van der Waals surface area contributed by atoms with E-state index in [1.54, 1.807) is 43.6 Å². The fourth-order valence-corrected chi connectivity index (χ4v) is 3.79. The lowest BCUT2D eigenvalue weighted by molar-refractivity contribution is 0.0927. The second-order valence-electron chi connectivity index (χ2n) is 6.49. The second-order valence-corrected chi connectivity index (χ2v) is 7.37. The number of halogens is 2. The van der Waals surface area contributed by atoms with Gasteiger partial charge in [0.15, 0.2) is 0 Å². The van der Waals surface area contributed by atoms with Crippen LogP contribution in [0.3, 0.4) is 0 Å². The molecule has 0 saturated heterocycles. The van der Waals surface area contributed by atoms with Crippen molar-refractivity contribution in [3.8, 4) is 17.3 Å². The Kier molecular flexibility index (Phi) is 5.24. The molecule has 1 aromatic carbocycles. The average molecular weight is 418 g/mol. The molecule has 0 radical (unpaired) electrons. The maximum atomic E-state index is 12.7. The minimum Gasteiger partial charge on any atom is -0.481 e. The number of carbonyl (C=O) groups excluding carboxylic acids is 1. The maximum Gasteiger partial charge on any atom is 0.251 e. The lowest BCUT2D eigenvalue weighted by Crippen LogP contribution is -2.30. The zero-order valence-electron chi connectivity index (χ0n) is 15.0. The molecule has 1 aliphatic carbocycles. The number of aryl methyl sites for hydroxylation is 1. The van der Waals surface area contributed by atoms with E-state index >= 15 is 0 Å². The molecule has 6 nitrogen and oxygen atoms in total. The van der Waals surface area contributed by atoms with Crippen molar-refractivity contribution in [3.05, 3.63) is 63.6 Å². The van der Waals surface area contributed by atoms with Gasteiger partial charge < -0.3 is 14.5 Å². The lowest BCUT2D eigenvalue weighted by atomic mass is 9.96. The van der Waals surface area contributed by atoms with E-state index in [1.807, 2.05) is 0 Å². The number of pyridine rings is 1. The van der Waals surface area contributed by atoms with Crippen LogP contribution < -0.4 is 10.1 Å². The van der Waals surface area contributed by atoms with E-state index in [0.717, 1.165) is 30.5 Å². The molecule has 0 spiro atoms. The summed E-state index contributed by atoms with van der Waals surface area (Å²) < 4.78 is 11.2. The minimum atomic E-state index is -0.265. The van der Waals surface area contributed by atoms with Gasteiger partial charge in [-0.2, -0.15) is 0 Å². The Labute approximate surface area is 171 Å². The standard InChI is InChI=1S/C20H17Cl2N3O3/c1-27-17-9-11(5-6-23-17)20-25-16-4-2-3-15(18(16)28-20)24-19(26)12-7-13(21)10-14(22)8-12/h5-10,15H,2-4H2,1H3,(H,24,26)/t15-/m0/s1. The van der Waals surface area contributed by atoms with Crippen LogP contribution in [0.1, 0.15) is 40.7 Å². The Morgan fingerprint density at radius 2 is 2.04 bits per heavy atom. The number of ether oxygens (including phenoxy) is 1. The summed E-state index contributed by atoms with van der Waals surface area (Å²) in [6.07, 6.45) is 4.11. The highest BCUT2D eigenvalue weighted by Crippen LogP contribution is 2.34. The molecule has 0 saturated carbocycles. The quantitative estimate of drug-likeness (QED) is 0.655. The Morgan fingerprint density at radius 1 is 1.25 bits per heavy atom. The number of rotatable bonds is 4. The molecule has 0 fully saturated rings. The highest BCUT2D eigenvalue weighted by molar-refractivity contribution is 6.35. The first-order valence-corrected chi connectivity index (χ1v) is 9.56. The molecule has 1 amide bonds. The van der Waals surface area contributed by atoms with Crippen molar-refractivity contribution in [2.75, 3.05) is 7.11 Å². The van der Waals surface area contributed by atoms with E-state index in [0.29, 0.717) is 33.1 Å². The zero-order chi connectivity index (χ0) is 19.7. The van der Waals surface area contributed by atoms with Crippen molar-refractivity contribution >= 4 is 29.1 Å². The molecule has 144 valence electrons. The van der Waals surface area contributed by atoms with Crippen LogP contribution in [0.15, 0.2) is 40.9 Å². The van der Waals surface area contributed by atoms with Gasteiger partial charge in [-0.25, -0.2) is 9.97 Å². The molecule has 0 aliphatic heterocycles. The van der Waals surface area contributed by atoms with Gasteiger partial charge in [0.2, 0.25) is 11.8 Å². The zero-order valence-corrected chi connectivity index (χ0v) is 16.5. The first kappa shape index (κ1) is 18.8. The molecule has 1 atom stereocenters. The first-order valence-electron chi connectivity index (χ1n) is 8.80. The summed E-state index contributed by atoms with van der Waals surface area (Å²) >= 11 is 12.0. The minimum absolute atomic E-state index is 0.259. The van der Waals surface area contributed by atoms with Crippen LogP contribution in [-0.2, 0) is 6.42 Å². The predicted octanol–water partition coefficient (Wildman–Crippen LogP) is 4.86. The van der Waals surface area contributed by atoms with Gasteiger partial charge in [0, 0.05) is 33.4 Å². The van der Waals surface area contributed by atoms with Crippen molar-refractivity contribution in [2.24, 2.45) is 0 Å². The van der Waals surface area contributed by atoms with E-state index in [4.69, 9.17) is 32.4 Å². The SMILES string of the molecule is COc1cc(-c2nc3c(o2)[C@@H](NC(=O)c2cc(Cl)cc(Cl)c2)CCC3)ccn1. The van der Waals surface area contributed by atoms with Crippen molar-refractivity contribution < 1.29 is 13.9 Å². The fourth-order valence-electron chi connectivity index (χ4n) is 3.26. The van der Waals surface area contributed by atoms with Gasteiger partial charge >= 0.3 is 0 Å². The third-order valence-corrected chi connectivity index (χ3v) is 5.01. The summed E-state index contributed by atoms with van der Waals surface area (Å²) in [5, 5.41) is 3.83. The summed E-state index contributed by atoms with van der Waals surface area (Å²) in [6.45, 7) is 0. The van der Waals surface area contributed by atoms with Crippen LogP contribution >= 0.6 is 23.2 Å². The monoisotopic (exact) mass is 417 g/mol. The molecule has 0 unspecified atom stereocenters. The van der Waals surface area contributed by atoms with E-state index in [9.17, 15) is 4.79 Å². The number of oxazole rings is 1. The third-order valence-electron chi connectivity index (χ3n) is 4.57. The number of hydrogen-bond donors (Lipinski definition) is 1. The third kappa shape index (κ3) is 3.84. The molecule has 28 heavy (non-hydrogen) atoms. The van der Waals surface area contributed by atoms with Gasteiger partial charge in [-0.15, -0.1) is 0 Å². The van der Waals surface area contributed by atoms with E-state index in [1.165, 1.54) is 0 Å².